The van der Waals surface area contributed by atoms with Gasteiger partial charge in [0.1, 0.15) is 0 Å². The van der Waals surface area contributed by atoms with E-state index in [1.807, 2.05) is 0 Å². The fourth-order valence-corrected chi connectivity index (χ4v) is 2.20. The van der Waals surface area contributed by atoms with Crippen LogP contribution in [0.15, 0.2) is 36.4 Å². The van der Waals surface area contributed by atoms with Crippen LogP contribution in [0, 0.1) is 0 Å². The smallest absolute Gasteiger partial charge is 0.0278 e. The fourth-order valence-electron chi connectivity index (χ4n) is 2.20. The molecule has 0 spiro atoms. The summed E-state index contributed by atoms with van der Waals surface area (Å²) in [6.45, 7) is 0. The molecule has 0 radical (unpaired) electrons. The molecule has 2 rings (SSSR count). The molecule has 1 aliphatic carbocycles. The Hall–Kier alpha value is -1.08. The predicted molar refractivity (Wildman–Crippen MR) is 65.7 cm³/mol. The van der Waals surface area contributed by atoms with Crippen LogP contribution in [0.25, 0.3) is 5.57 Å². The third-order valence-electron chi connectivity index (χ3n) is 3.15. The van der Waals surface area contributed by atoms with Crippen LogP contribution in [0.5, 0.6) is 0 Å². The molecule has 1 aromatic rings. The first-order chi connectivity index (χ1) is 7.27. The number of allylic oxidation sites excluding steroid dienone is 1. The van der Waals surface area contributed by atoms with Gasteiger partial charge in [0, 0.05) is 6.04 Å². The molecule has 0 aliphatic heterocycles. The Morgan fingerprint density at radius 3 is 2.53 bits per heavy atom. The van der Waals surface area contributed by atoms with Gasteiger partial charge >= 0.3 is 0 Å². The lowest BCUT2D eigenvalue weighted by Gasteiger charge is -2.26. The Bertz CT molecular complexity index is 338. The molecule has 1 aromatic carbocycles. The Morgan fingerprint density at radius 2 is 1.87 bits per heavy atom. The summed E-state index contributed by atoms with van der Waals surface area (Å²) in [6.07, 6.45) is 6.26. The number of nitrogens with zero attached hydrogens (tertiary/aromatic N) is 1. The average Bonchev–Trinajstić information content (AvgIpc) is 2.30. The lowest BCUT2D eigenvalue weighted by molar-refractivity contribution is 0.318. The van der Waals surface area contributed by atoms with Crippen LogP contribution in [0.3, 0.4) is 0 Å². The van der Waals surface area contributed by atoms with Gasteiger partial charge in [0.05, 0.1) is 0 Å². The van der Waals surface area contributed by atoms with Gasteiger partial charge in [0.2, 0.25) is 0 Å². The summed E-state index contributed by atoms with van der Waals surface area (Å²) in [5.74, 6) is 0. The van der Waals surface area contributed by atoms with E-state index in [2.05, 4.69) is 55.4 Å². The Labute approximate surface area is 92.4 Å². The zero-order valence-corrected chi connectivity index (χ0v) is 9.61. The lowest BCUT2D eigenvalue weighted by Crippen LogP contribution is -2.27. The molecule has 0 saturated heterocycles. The van der Waals surface area contributed by atoms with Gasteiger partial charge in [-0.25, -0.2) is 0 Å². The molecule has 0 bridgehead atoms. The van der Waals surface area contributed by atoms with E-state index in [0.717, 1.165) is 0 Å². The predicted octanol–water partition coefficient (Wildman–Crippen LogP) is 3.18. The van der Waals surface area contributed by atoms with Crippen LogP contribution in [0.2, 0.25) is 0 Å². The molecular weight excluding hydrogens is 182 g/mol. The van der Waals surface area contributed by atoms with Crippen molar-refractivity contribution in [2.45, 2.75) is 25.3 Å². The number of hydrogen-bond donors (Lipinski definition) is 0. The summed E-state index contributed by atoms with van der Waals surface area (Å²) in [5.41, 5.74) is 2.91. The molecule has 0 heterocycles. The Balaban J connectivity index is 2.22. The second-order valence-corrected chi connectivity index (χ2v) is 4.48. The minimum absolute atomic E-state index is 0.619. The van der Waals surface area contributed by atoms with Gasteiger partial charge in [-0.2, -0.15) is 0 Å². The Kier molecular flexibility index (Phi) is 3.22. The molecular formula is C14H19N. The Morgan fingerprint density at radius 1 is 1.13 bits per heavy atom. The zero-order chi connectivity index (χ0) is 10.7. The van der Waals surface area contributed by atoms with E-state index < -0.39 is 0 Å². The first-order valence-electron chi connectivity index (χ1n) is 5.70. The van der Waals surface area contributed by atoms with E-state index in [1.54, 1.807) is 0 Å². The van der Waals surface area contributed by atoms with Crippen LogP contribution in [0.4, 0.5) is 0 Å². The average molecular weight is 201 g/mol. The number of benzene rings is 1. The molecule has 1 atom stereocenters. The summed E-state index contributed by atoms with van der Waals surface area (Å²) in [5, 5.41) is 0. The van der Waals surface area contributed by atoms with Crippen LogP contribution in [-0.4, -0.2) is 25.0 Å². The fraction of sp³-hybridized carbons (Fsp3) is 0.429. The summed E-state index contributed by atoms with van der Waals surface area (Å²) < 4.78 is 0. The summed E-state index contributed by atoms with van der Waals surface area (Å²) in [7, 11) is 4.32. The first-order valence-corrected chi connectivity index (χ1v) is 5.70. The van der Waals surface area contributed by atoms with E-state index in [-0.39, 0.29) is 0 Å². The van der Waals surface area contributed by atoms with Gasteiger partial charge in [-0.05, 0) is 44.5 Å². The minimum Gasteiger partial charge on any atom is -0.303 e. The third kappa shape index (κ3) is 2.48. The summed E-state index contributed by atoms with van der Waals surface area (Å²) >= 11 is 0. The van der Waals surface area contributed by atoms with E-state index in [4.69, 9.17) is 0 Å². The van der Waals surface area contributed by atoms with E-state index in [1.165, 1.54) is 30.4 Å². The molecule has 80 valence electrons. The molecule has 0 amide bonds. The molecule has 0 N–H and O–H groups in total. The van der Waals surface area contributed by atoms with Crippen LogP contribution in [0.1, 0.15) is 24.8 Å². The number of rotatable bonds is 2. The maximum absolute atomic E-state index is 2.43. The lowest BCUT2D eigenvalue weighted by atomic mass is 9.90. The first kappa shape index (κ1) is 10.4. The van der Waals surface area contributed by atoms with Crippen LogP contribution < -0.4 is 0 Å². The second kappa shape index (κ2) is 4.63. The highest BCUT2D eigenvalue weighted by Crippen LogP contribution is 2.27. The minimum atomic E-state index is 0.619. The van der Waals surface area contributed by atoms with Crippen LogP contribution in [-0.2, 0) is 0 Å². The summed E-state index contributed by atoms with van der Waals surface area (Å²) in [6, 6.07) is 11.4. The second-order valence-electron chi connectivity index (χ2n) is 4.48. The highest BCUT2D eigenvalue weighted by molar-refractivity contribution is 5.66. The summed E-state index contributed by atoms with van der Waals surface area (Å²) in [4.78, 5) is 2.31. The van der Waals surface area contributed by atoms with Crippen molar-refractivity contribution in [2.24, 2.45) is 0 Å². The highest BCUT2D eigenvalue weighted by Gasteiger charge is 2.15. The van der Waals surface area contributed by atoms with Crippen LogP contribution >= 0.6 is 0 Å². The van der Waals surface area contributed by atoms with Gasteiger partial charge in [-0.15, -0.1) is 0 Å². The molecule has 1 heteroatoms. The quantitative estimate of drug-likeness (QED) is 0.710. The number of likely N-dealkylation sites (N-methyl/N-ethyl adjacent to an activating group) is 1. The van der Waals surface area contributed by atoms with Crippen molar-refractivity contribution in [1.29, 1.82) is 0 Å². The van der Waals surface area contributed by atoms with E-state index >= 15 is 0 Å². The van der Waals surface area contributed by atoms with Crippen molar-refractivity contribution in [3.63, 3.8) is 0 Å². The van der Waals surface area contributed by atoms with Crippen molar-refractivity contribution in [3.8, 4) is 0 Å². The standard InChI is InChI=1S/C14H19N/c1-15(2)14-10-6-9-13(11-14)12-7-4-3-5-8-12/h3-5,7-8,11,14H,6,9-10H2,1-2H3/t14-/m1/s1. The SMILES string of the molecule is CN(C)[C@H]1C=C(c2ccccc2)CCC1. The normalized spacial score (nSPS) is 21.5. The monoisotopic (exact) mass is 201 g/mol. The van der Waals surface area contributed by atoms with E-state index in [0.29, 0.717) is 6.04 Å². The zero-order valence-electron chi connectivity index (χ0n) is 9.61. The molecule has 1 aliphatic rings. The van der Waals surface area contributed by atoms with Gasteiger partial charge in [-0.3, -0.25) is 0 Å². The van der Waals surface area contributed by atoms with Crippen molar-refractivity contribution in [1.82, 2.24) is 4.90 Å². The van der Waals surface area contributed by atoms with Crippen molar-refractivity contribution in [3.05, 3.63) is 42.0 Å². The maximum atomic E-state index is 2.43. The van der Waals surface area contributed by atoms with Gasteiger partial charge in [-0.1, -0.05) is 36.4 Å². The van der Waals surface area contributed by atoms with Gasteiger partial charge in [0.25, 0.3) is 0 Å². The molecule has 15 heavy (non-hydrogen) atoms. The van der Waals surface area contributed by atoms with Gasteiger partial charge < -0.3 is 4.90 Å². The van der Waals surface area contributed by atoms with Crippen molar-refractivity contribution < 1.29 is 0 Å². The molecule has 0 unspecified atom stereocenters. The highest BCUT2D eigenvalue weighted by atomic mass is 15.1. The van der Waals surface area contributed by atoms with Gasteiger partial charge in [0.15, 0.2) is 0 Å². The molecule has 1 nitrogen and oxygen atoms in total. The molecule has 0 saturated carbocycles. The molecule has 0 fully saturated rings. The van der Waals surface area contributed by atoms with Crippen molar-refractivity contribution >= 4 is 5.57 Å². The van der Waals surface area contributed by atoms with E-state index in [9.17, 15) is 0 Å². The van der Waals surface area contributed by atoms with Crippen molar-refractivity contribution in [2.75, 3.05) is 14.1 Å². The molecule has 0 aromatic heterocycles. The third-order valence-corrected chi connectivity index (χ3v) is 3.15. The number of hydrogen-bond acceptors (Lipinski definition) is 1. The maximum Gasteiger partial charge on any atom is 0.0278 e. The largest absolute Gasteiger partial charge is 0.303 e. The topological polar surface area (TPSA) is 3.24 Å².